The minimum Gasteiger partial charge on any atom is -0.476 e. The first-order valence-electron chi connectivity index (χ1n) is 11.1. The van der Waals surface area contributed by atoms with Crippen molar-refractivity contribution >= 4 is 17.7 Å². The van der Waals surface area contributed by atoms with Crippen molar-refractivity contribution in [1.29, 1.82) is 0 Å². The molecule has 0 unspecified atom stereocenters. The summed E-state index contributed by atoms with van der Waals surface area (Å²) in [5.41, 5.74) is 0. The Balaban J connectivity index is 3.15. The Morgan fingerprint density at radius 1 is 0.559 bits per heavy atom. The van der Waals surface area contributed by atoms with Crippen molar-refractivity contribution in [2.24, 2.45) is 0 Å². The smallest absolute Gasteiger partial charge is 0.372 e. The summed E-state index contributed by atoms with van der Waals surface area (Å²) in [6.07, 6.45) is 1.04. The Hall–Kier alpha value is -1.93. The van der Waals surface area contributed by atoms with Crippen LogP contribution in [0, 0.1) is 0 Å². The zero-order chi connectivity index (χ0) is 25.1. The van der Waals surface area contributed by atoms with Crippen LogP contribution in [-0.4, -0.2) is 122 Å². The van der Waals surface area contributed by atoms with Gasteiger partial charge in [0, 0.05) is 6.42 Å². The van der Waals surface area contributed by atoms with Gasteiger partial charge in [-0.25, -0.2) is 4.79 Å². The molecule has 0 aromatic carbocycles. The van der Waals surface area contributed by atoms with Crippen molar-refractivity contribution in [2.45, 2.75) is 12.8 Å². The van der Waals surface area contributed by atoms with Crippen LogP contribution in [0.25, 0.3) is 0 Å². The molecule has 0 aliphatic heterocycles. The number of ketones is 1. The maximum atomic E-state index is 11.3. The summed E-state index contributed by atoms with van der Waals surface area (Å²) in [6.45, 7) is 9.80. The first-order chi connectivity index (χ1) is 16.6. The normalized spacial score (nSPS) is 10.8. The van der Waals surface area contributed by atoms with Crippen LogP contribution in [0.2, 0.25) is 0 Å². The standard InChI is InChI=1S/C22H38O12/c1-2-5-27-6-7-28-8-9-29-10-11-30-12-13-31-14-15-32-16-17-33-18-19-34-21(24)4-3-20(23)22(25)26/h2H,1,3-19H2,(H,25,26). The van der Waals surface area contributed by atoms with E-state index in [2.05, 4.69) is 6.58 Å². The molecule has 0 bridgehead atoms. The van der Waals surface area contributed by atoms with E-state index in [9.17, 15) is 14.4 Å². The van der Waals surface area contributed by atoms with Crippen molar-refractivity contribution in [2.75, 3.05) is 99.1 Å². The van der Waals surface area contributed by atoms with Crippen LogP contribution in [0.4, 0.5) is 0 Å². The number of hydrogen-bond acceptors (Lipinski definition) is 11. The Labute approximate surface area is 200 Å². The number of ether oxygens (including phenoxy) is 8. The fraction of sp³-hybridized carbons (Fsp3) is 0.773. The van der Waals surface area contributed by atoms with Gasteiger partial charge in [0.15, 0.2) is 0 Å². The summed E-state index contributed by atoms with van der Waals surface area (Å²) in [7, 11) is 0. The van der Waals surface area contributed by atoms with Crippen LogP contribution in [0.3, 0.4) is 0 Å². The lowest BCUT2D eigenvalue weighted by atomic mass is 10.2. The largest absolute Gasteiger partial charge is 0.476 e. The number of hydrogen-bond donors (Lipinski definition) is 1. The predicted molar refractivity (Wildman–Crippen MR) is 119 cm³/mol. The monoisotopic (exact) mass is 494 g/mol. The molecule has 0 saturated heterocycles. The number of carbonyl (C=O) groups is 3. The number of carbonyl (C=O) groups excluding carboxylic acids is 2. The Bertz CT molecular complexity index is 526. The summed E-state index contributed by atoms with van der Waals surface area (Å²) in [5.74, 6) is -3.22. The molecule has 0 aromatic heterocycles. The zero-order valence-corrected chi connectivity index (χ0v) is 19.7. The third-order valence-corrected chi connectivity index (χ3v) is 3.75. The number of aliphatic carboxylic acids is 1. The van der Waals surface area contributed by atoms with Crippen molar-refractivity contribution in [3.05, 3.63) is 12.7 Å². The van der Waals surface area contributed by atoms with Gasteiger partial charge in [0.25, 0.3) is 0 Å². The number of esters is 1. The fourth-order valence-electron chi connectivity index (χ4n) is 2.10. The molecule has 0 fully saturated rings. The minimum absolute atomic E-state index is 0.0217. The highest BCUT2D eigenvalue weighted by Crippen LogP contribution is 1.95. The maximum absolute atomic E-state index is 11.3. The number of carboxylic acids is 1. The van der Waals surface area contributed by atoms with Crippen molar-refractivity contribution in [1.82, 2.24) is 0 Å². The Morgan fingerprint density at radius 2 is 0.912 bits per heavy atom. The van der Waals surface area contributed by atoms with Gasteiger partial charge in [-0.3, -0.25) is 9.59 Å². The van der Waals surface area contributed by atoms with Crippen LogP contribution in [0.15, 0.2) is 12.7 Å². The molecule has 0 rings (SSSR count). The highest BCUT2D eigenvalue weighted by molar-refractivity contribution is 6.32. The topological polar surface area (TPSA) is 145 Å². The van der Waals surface area contributed by atoms with Crippen molar-refractivity contribution in [3.63, 3.8) is 0 Å². The SMILES string of the molecule is C=CCOCCOCCOCCOCCOCCOCCOCCOC(=O)CCC(=O)C(=O)O. The lowest BCUT2D eigenvalue weighted by Crippen LogP contribution is -2.17. The van der Waals surface area contributed by atoms with E-state index in [0.29, 0.717) is 85.9 Å². The molecule has 0 saturated carbocycles. The van der Waals surface area contributed by atoms with Crippen LogP contribution in [0.1, 0.15) is 12.8 Å². The summed E-state index contributed by atoms with van der Waals surface area (Å²) in [6, 6.07) is 0. The van der Waals surface area contributed by atoms with E-state index < -0.39 is 17.7 Å². The van der Waals surface area contributed by atoms with E-state index in [4.69, 9.17) is 43.0 Å². The van der Waals surface area contributed by atoms with Crippen LogP contribution < -0.4 is 0 Å². The first-order valence-corrected chi connectivity index (χ1v) is 11.1. The molecule has 12 heteroatoms. The molecule has 34 heavy (non-hydrogen) atoms. The van der Waals surface area contributed by atoms with E-state index in [1.807, 2.05) is 0 Å². The van der Waals surface area contributed by atoms with Gasteiger partial charge in [0.2, 0.25) is 5.78 Å². The highest BCUT2D eigenvalue weighted by atomic mass is 16.6. The summed E-state index contributed by atoms with van der Waals surface area (Å²) < 4.78 is 42.0. The molecule has 0 amide bonds. The molecule has 0 heterocycles. The Kier molecular flexibility index (Phi) is 24.2. The van der Waals surface area contributed by atoms with Crippen LogP contribution >= 0.6 is 0 Å². The minimum atomic E-state index is -1.56. The molecule has 12 nitrogen and oxygen atoms in total. The van der Waals surface area contributed by atoms with Gasteiger partial charge < -0.3 is 43.0 Å². The number of carboxylic acid groups (broad SMARTS) is 1. The predicted octanol–water partition coefficient (Wildman–Crippen LogP) is 0.266. The van der Waals surface area contributed by atoms with Gasteiger partial charge in [-0.15, -0.1) is 6.58 Å². The van der Waals surface area contributed by atoms with E-state index in [-0.39, 0.29) is 26.1 Å². The van der Waals surface area contributed by atoms with Crippen LogP contribution in [0.5, 0.6) is 0 Å². The molecule has 0 radical (unpaired) electrons. The molecule has 1 N–H and O–H groups in total. The third-order valence-electron chi connectivity index (χ3n) is 3.75. The molecule has 0 aliphatic carbocycles. The summed E-state index contributed by atoms with van der Waals surface area (Å²) >= 11 is 0. The third kappa shape index (κ3) is 24.7. The molecule has 0 aliphatic rings. The van der Waals surface area contributed by atoms with Gasteiger partial charge >= 0.3 is 11.9 Å². The van der Waals surface area contributed by atoms with E-state index in [1.54, 1.807) is 6.08 Å². The second kappa shape index (κ2) is 25.7. The fourth-order valence-corrected chi connectivity index (χ4v) is 2.10. The average molecular weight is 495 g/mol. The summed E-state index contributed by atoms with van der Waals surface area (Å²) in [4.78, 5) is 32.5. The Morgan fingerprint density at radius 3 is 1.26 bits per heavy atom. The number of Topliss-reactive ketones (excluding diaryl/α,β-unsaturated/α-hetero) is 1. The number of rotatable bonds is 27. The van der Waals surface area contributed by atoms with Gasteiger partial charge in [-0.05, 0) is 0 Å². The van der Waals surface area contributed by atoms with E-state index >= 15 is 0 Å². The first kappa shape index (κ1) is 32.1. The molecule has 0 spiro atoms. The van der Waals surface area contributed by atoms with Crippen LogP contribution in [-0.2, 0) is 52.3 Å². The molecular weight excluding hydrogens is 456 g/mol. The van der Waals surface area contributed by atoms with Gasteiger partial charge in [0.1, 0.15) is 6.61 Å². The van der Waals surface area contributed by atoms with E-state index in [0.717, 1.165) is 0 Å². The second-order valence-electron chi connectivity index (χ2n) is 6.49. The second-order valence-corrected chi connectivity index (χ2v) is 6.49. The maximum Gasteiger partial charge on any atom is 0.372 e. The summed E-state index contributed by atoms with van der Waals surface area (Å²) in [5, 5.41) is 8.40. The van der Waals surface area contributed by atoms with Crippen molar-refractivity contribution < 1.29 is 57.4 Å². The average Bonchev–Trinajstić information content (AvgIpc) is 2.82. The van der Waals surface area contributed by atoms with Crippen molar-refractivity contribution in [3.8, 4) is 0 Å². The van der Waals surface area contributed by atoms with Gasteiger partial charge in [0.05, 0.1) is 98.9 Å². The quantitative estimate of drug-likeness (QED) is 0.0724. The highest BCUT2D eigenvalue weighted by Gasteiger charge is 2.14. The molecular formula is C22H38O12. The van der Waals surface area contributed by atoms with Gasteiger partial charge in [-0.2, -0.15) is 0 Å². The molecule has 0 atom stereocenters. The molecule has 0 aromatic rings. The van der Waals surface area contributed by atoms with E-state index in [1.165, 1.54) is 0 Å². The zero-order valence-electron chi connectivity index (χ0n) is 19.7. The molecule has 198 valence electrons. The van der Waals surface area contributed by atoms with Gasteiger partial charge in [-0.1, -0.05) is 6.08 Å². The lowest BCUT2D eigenvalue weighted by Gasteiger charge is -2.08. The lowest BCUT2D eigenvalue weighted by molar-refractivity contribution is -0.151.